The summed E-state index contributed by atoms with van der Waals surface area (Å²) in [6, 6.07) is 8.55. The first-order valence-electron chi connectivity index (χ1n) is 11.7. The van der Waals surface area contributed by atoms with Gasteiger partial charge in [-0.1, -0.05) is 19.9 Å². The SMILES string of the molecule is CCNCC.CCOC(=O)c1c(-c2ccc(OC)c(OC)c2)c2cc(OC)c(OC)cc2[n+]([O-])c1C. The molecule has 1 aromatic heterocycles. The topological polar surface area (TPSA) is 102 Å². The number of nitrogens with zero attached hydrogens (tertiary/aromatic N) is 1. The molecule has 3 aromatic rings. The lowest BCUT2D eigenvalue weighted by molar-refractivity contribution is -0.584. The minimum absolute atomic E-state index is 0.170. The molecular weight excluding hydrogens is 464 g/mol. The summed E-state index contributed by atoms with van der Waals surface area (Å²) in [4.78, 5) is 12.9. The molecule has 9 nitrogen and oxygen atoms in total. The third-order valence-corrected chi connectivity index (χ3v) is 5.56. The molecule has 0 spiro atoms. The van der Waals surface area contributed by atoms with E-state index < -0.39 is 5.97 Å². The number of fused-ring (bicyclic) bond motifs is 1. The number of nitrogens with one attached hydrogen (secondary N) is 1. The molecule has 0 unspecified atom stereocenters. The molecule has 36 heavy (non-hydrogen) atoms. The van der Waals surface area contributed by atoms with Crippen LogP contribution in [0.4, 0.5) is 0 Å². The standard InChI is InChI=1S/C23H25NO7.C4H11N/c1-7-31-23(25)21-13(2)24(26)16-12-20(30-6)19(29-5)11-15(16)22(21)14-8-9-17(27-3)18(10-14)28-4;1-3-5-4-2/h8-12H,7H2,1-6H3;5H,3-4H2,1-2H3. The lowest BCUT2D eigenvalue weighted by atomic mass is 9.93. The second kappa shape index (κ2) is 13.4. The molecule has 0 saturated carbocycles. The zero-order valence-corrected chi connectivity index (χ0v) is 22.3. The zero-order chi connectivity index (χ0) is 26.8. The van der Waals surface area contributed by atoms with Gasteiger partial charge in [-0.2, -0.15) is 4.73 Å². The summed E-state index contributed by atoms with van der Waals surface area (Å²) in [5.74, 6) is 1.27. The van der Waals surface area contributed by atoms with Crippen molar-refractivity contribution in [3.63, 3.8) is 0 Å². The number of carbonyl (C=O) groups is 1. The molecule has 0 saturated heterocycles. The van der Waals surface area contributed by atoms with Crippen molar-refractivity contribution >= 4 is 16.9 Å². The molecule has 0 amide bonds. The predicted octanol–water partition coefficient (Wildman–Crippen LogP) is 4.28. The average molecular weight is 501 g/mol. The summed E-state index contributed by atoms with van der Waals surface area (Å²) in [5, 5.41) is 16.7. The van der Waals surface area contributed by atoms with Gasteiger partial charge in [0.1, 0.15) is 5.56 Å². The molecule has 9 heteroatoms. The Hall–Kier alpha value is -3.72. The van der Waals surface area contributed by atoms with Crippen molar-refractivity contribution in [2.75, 3.05) is 48.1 Å². The first kappa shape index (κ1) is 28.5. The van der Waals surface area contributed by atoms with Gasteiger partial charge < -0.3 is 34.2 Å². The Morgan fingerprint density at radius 3 is 1.92 bits per heavy atom. The van der Waals surface area contributed by atoms with Gasteiger partial charge in [0.25, 0.3) is 0 Å². The molecule has 0 atom stereocenters. The molecule has 3 rings (SSSR count). The van der Waals surface area contributed by atoms with Crippen LogP contribution < -0.4 is 29.0 Å². The molecular formula is C27H36N2O7. The maximum absolute atomic E-state index is 13.1. The molecule has 196 valence electrons. The first-order valence-corrected chi connectivity index (χ1v) is 11.7. The van der Waals surface area contributed by atoms with Crippen molar-refractivity contribution in [1.82, 2.24) is 5.32 Å². The predicted molar refractivity (Wildman–Crippen MR) is 139 cm³/mol. The number of ether oxygens (including phenoxy) is 5. The molecule has 1 heterocycles. The lowest BCUT2D eigenvalue weighted by Crippen LogP contribution is -2.34. The van der Waals surface area contributed by atoms with Crippen LogP contribution in [0.2, 0.25) is 0 Å². The van der Waals surface area contributed by atoms with Crippen molar-refractivity contribution in [1.29, 1.82) is 0 Å². The highest BCUT2D eigenvalue weighted by Gasteiger charge is 2.29. The van der Waals surface area contributed by atoms with Crippen molar-refractivity contribution in [2.24, 2.45) is 0 Å². The number of rotatable bonds is 9. The Bertz CT molecular complexity index is 1190. The van der Waals surface area contributed by atoms with Crippen LogP contribution in [0, 0.1) is 12.1 Å². The maximum Gasteiger partial charge on any atom is 0.345 e. The molecule has 1 N–H and O–H groups in total. The van der Waals surface area contributed by atoms with Crippen LogP contribution in [0.25, 0.3) is 22.0 Å². The highest BCUT2D eigenvalue weighted by Crippen LogP contribution is 2.41. The van der Waals surface area contributed by atoms with E-state index in [2.05, 4.69) is 19.2 Å². The van der Waals surface area contributed by atoms with Crippen molar-refractivity contribution in [3.8, 4) is 34.1 Å². The van der Waals surface area contributed by atoms with E-state index in [1.54, 1.807) is 51.3 Å². The number of hydrogen-bond donors (Lipinski definition) is 1. The third kappa shape index (κ3) is 5.91. The van der Waals surface area contributed by atoms with Gasteiger partial charge in [-0.25, -0.2) is 4.79 Å². The average Bonchev–Trinajstić information content (AvgIpc) is 2.90. The highest BCUT2D eigenvalue weighted by atomic mass is 16.5. The number of aromatic nitrogens is 1. The molecule has 0 radical (unpaired) electrons. The third-order valence-electron chi connectivity index (χ3n) is 5.56. The summed E-state index contributed by atoms with van der Waals surface area (Å²) in [7, 11) is 6.07. The van der Waals surface area contributed by atoms with Gasteiger partial charge in [0.15, 0.2) is 23.0 Å². The number of pyridine rings is 1. The maximum atomic E-state index is 13.1. The van der Waals surface area contributed by atoms with E-state index in [1.807, 2.05) is 0 Å². The Morgan fingerprint density at radius 2 is 1.42 bits per heavy atom. The summed E-state index contributed by atoms with van der Waals surface area (Å²) < 4.78 is 27.6. The van der Waals surface area contributed by atoms with E-state index in [0.717, 1.165) is 13.1 Å². The van der Waals surface area contributed by atoms with Crippen LogP contribution >= 0.6 is 0 Å². The number of hydrogen-bond acceptors (Lipinski definition) is 8. The molecule has 0 aliphatic rings. The van der Waals surface area contributed by atoms with E-state index in [4.69, 9.17) is 23.7 Å². The lowest BCUT2D eigenvalue weighted by Gasteiger charge is -2.18. The van der Waals surface area contributed by atoms with Gasteiger partial charge in [0, 0.05) is 12.5 Å². The van der Waals surface area contributed by atoms with Crippen LogP contribution in [-0.4, -0.2) is 54.1 Å². The van der Waals surface area contributed by atoms with Crippen LogP contribution in [0.1, 0.15) is 36.8 Å². The van der Waals surface area contributed by atoms with Gasteiger partial charge >= 0.3 is 5.97 Å². The second-order valence-corrected chi connectivity index (χ2v) is 7.60. The number of benzene rings is 2. The molecule has 0 aliphatic heterocycles. The van der Waals surface area contributed by atoms with Crippen LogP contribution in [-0.2, 0) is 4.74 Å². The summed E-state index contributed by atoms with van der Waals surface area (Å²) in [5.41, 5.74) is 1.89. The van der Waals surface area contributed by atoms with Crippen LogP contribution in [0.3, 0.4) is 0 Å². The van der Waals surface area contributed by atoms with E-state index in [-0.39, 0.29) is 17.9 Å². The molecule has 2 aromatic carbocycles. The molecule has 0 aliphatic carbocycles. The van der Waals surface area contributed by atoms with E-state index in [0.29, 0.717) is 49.8 Å². The first-order chi connectivity index (χ1) is 17.3. The van der Waals surface area contributed by atoms with Crippen LogP contribution in [0.5, 0.6) is 23.0 Å². The fraction of sp³-hybridized carbons (Fsp3) is 0.407. The summed E-state index contributed by atoms with van der Waals surface area (Å²) >= 11 is 0. The van der Waals surface area contributed by atoms with Crippen molar-refractivity contribution in [3.05, 3.63) is 46.8 Å². The second-order valence-electron chi connectivity index (χ2n) is 7.60. The Morgan fingerprint density at radius 1 is 0.861 bits per heavy atom. The van der Waals surface area contributed by atoms with Gasteiger partial charge in [0.05, 0.1) is 46.5 Å². The van der Waals surface area contributed by atoms with E-state index in [1.165, 1.54) is 21.3 Å². The van der Waals surface area contributed by atoms with Crippen LogP contribution in [0.15, 0.2) is 30.3 Å². The minimum Gasteiger partial charge on any atom is -0.618 e. The molecule has 0 fully saturated rings. The Labute approximate surface area is 212 Å². The largest absolute Gasteiger partial charge is 0.618 e. The van der Waals surface area contributed by atoms with Gasteiger partial charge in [-0.05, 0) is 43.8 Å². The Balaban J connectivity index is 0.000000830. The number of methoxy groups -OCH3 is 4. The smallest absolute Gasteiger partial charge is 0.345 e. The van der Waals surface area contributed by atoms with E-state index in [9.17, 15) is 10.0 Å². The van der Waals surface area contributed by atoms with E-state index >= 15 is 0 Å². The minimum atomic E-state index is -0.592. The fourth-order valence-electron chi connectivity index (χ4n) is 3.83. The highest BCUT2D eigenvalue weighted by molar-refractivity contribution is 6.07. The van der Waals surface area contributed by atoms with Crippen molar-refractivity contribution in [2.45, 2.75) is 27.7 Å². The van der Waals surface area contributed by atoms with Gasteiger partial charge in [0.2, 0.25) is 11.2 Å². The fourth-order valence-corrected chi connectivity index (χ4v) is 3.83. The summed E-state index contributed by atoms with van der Waals surface area (Å²) in [6.07, 6.45) is 0. The Kier molecular flexibility index (Phi) is 10.6. The normalized spacial score (nSPS) is 10.3. The quantitative estimate of drug-likeness (QED) is 0.264. The number of carbonyl (C=O) groups excluding carboxylic acids is 1. The van der Waals surface area contributed by atoms with Gasteiger partial charge in [-0.3, -0.25) is 0 Å². The number of esters is 1. The van der Waals surface area contributed by atoms with Gasteiger partial charge in [-0.15, -0.1) is 0 Å². The summed E-state index contributed by atoms with van der Waals surface area (Å²) in [6.45, 7) is 9.86. The molecule has 0 bridgehead atoms. The monoisotopic (exact) mass is 500 g/mol. The zero-order valence-electron chi connectivity index (χ0n) is 22.3. The van der Waals surface area contributed by atoms with Crippen molar-refractivity contribution < 1.29 is 33.2 Å².